The number of primary amides is 1. The van der Waals surface area contributed by atoms with Crippen molar-refractivity contribution in [3.63, 3.8) is 0 Å². The average molecular weight is 401 g/mol. The van der Waals surface area contributed by atoms with Crippen molar-refractivity contribution in [2.45, 2.75) is 18.9 Å². The van der Waals surface area contributed by atoms with Crippen LogP contribution in [-0.2, 0) is 0 Å². The molecule has 0 unspecified atom stereocenters. The Kier molecular flexibility index (Phi) is 5.31. The smallest absolute Gasteiger partial charge is 0.253 e. The molecule has 3 aromatic rings. The van der Waals surface area contributed by atoms with Crippen LogP contribution >= 0.6 is 0 Å². The topological polar surface area (TPSA) is 110 Å². The number of nitriles is 1. The molecular formula is C23H23N5O2. The summed E-state index contributed by atoms with van der Waals surface area (Å²) >= 11 is 0. The second-order valence-electron chi connectivity index (χ2n) is 7.36. The number of benzene rings is 2. The Balaban J connectivity index is 1.65. The van der Waals surface area contributed by atoms with Crippen molar-refractivity contribution in [3.8, 4) is 28.8 Å². The van der Waals surface area contributed by atoms with Gasteiger partial charge in [0.05, 0.1) is 11.6 Å². The van der Waals surface area contributed by atoms with Gasteiger partial charge in [-0.3, -0.25) is 4.79 Å². The van der Waals surface area contributed by atoms with Gasteiger partial charge >= 0.3 is 0 Å². The molecular weight excluding hydrogens is 378 g/mol. The van der Waals surface area contributed by atoms with Gasteiger partial charge in [0.2, 0.25) is 0 Å². The summed E-state index contributed by atoms with van der Waals surface area (Å²) in [6.07, 6.45) is 5.85. The number of hydrogen-bond donors (Lipinski definition) is 2. The van der Waals surface area contributed by atoms with E-state index in [1.54, 1.807) is 4.90 Å². The first kappa shape index (κ1) is 19.4. The van der Waals surface area contributed by atoms with Crippen LogP contribution in [0.2, 0.25) is 0 Å². The highest BCUT2D eigenvalue weighted by Crippen LogP contribution is 2.35. The fourth-order valence-electron chi connectivity index (χ4n) is 3.92. The molecule has 1 aliphatic rings. The maximum Gasteiger partial charge on any atom is 0.253 e. The number of nitrogens with two attached hydrogens (primary N) is 2. The number of carbonyl (C=O) groups excluding carboxylic acids is 1. The molecule has 152 valence electrons. The van der Waals surface area contributed by atoms with Crippen LogP contribution in [0, 0.1) is 11.5 Å². The zero-order valence-electron chi connectivity index (χ0n) is 16.5. The van der Waals surface area contributed by atoms with Gasteiger partial charge in [-0.05, 0) is 42.7 Å². The molecule has 0 saturated carbocycles. The van der Waals surface area contributed by atoms with Gasteiger partial charge in [0.1, 0.15) is 17.3 Å². The zero-order valence-corrected chi connectivity index (χ0v) is 16.5. The van der Waals surface area contributed by atoms with E-state index in [9.17, 15) is 10.1 Å². The minimum absolute atomic E-state index is 0.0194. The number of ether oxygens (including phenoxy) is 1. The van der Waals surface area contributed by atoms with Crippen LogP contribution < -0.4 is 16.2 Å². The number of aromatic nitrogens is 1. The molecule has 0 aliphatic carbocycles. The second-order valence-corrected chi connectivity index (χ2v) is 7.36. The molecule has 4 N–H and O–H groups in total. The van der Waals surface area contributed by atoms with E-state index in [0.29, 0.717) is 29.2 Å². The minimum Gasteiger partial charge on any atom is -0.457 e. The quantitative estimate of drug-likeness (QED) is 0.633. The molecule has 2 aromatic carbocycles. The number of amides is 1. The molecule has 7 heteroatoms. The highest BCUT2D eigenvalue weighted by molar-refractivity contribution is 6.04. The highest BCUT2D eigenvalue weighted by atomic mass is 16.5. The van der Waals surface area contributed by atoms with E-state index in [2.05, 4.69) is 6.19 Å². The van der Waals surface area contributed by atoms with Crippen LogP contribution in [0.3, 0.4) is 0 Å². The van der Waals surface area contributed by atoms with E-state index in [1.165, 1.54) is 0 Å². The fourth-order valence-corrected chi connectivity index (χ4v) is 3.92. The van der Waals surface area contributed by atoms with Crippen LogP contribution in [0.1, 0.15) is 29.2 Å². The van der Waals surface area contributed by atoms with Gasteiger partial charge in [-0.2, -0.15) is 5.26 Å². The number of piperidine rings is 1. The number of anilines is 1. The maximum absolute atomic E-state index is 12.2. The average Bonchev–Trinajstić information content (AvgIpc) is 3.12. The lowest BCUT2D eigenvalue weighted by atomic mass is 10.0. The molecule has 0 radical (unpaired) electrons. The second kappa shape index (κ2) is 8.21. The normalized spacial score (nSPS) is 16.1. The number of rotatable bonds is 5. The lowest BCUT2D eigenvalue weighted by Gasteiger charge is -2.30. The molecule has 30 heavy (non-hydrogen) atoms. The van der Waals surface area contributed by atoms with Crippen molar-refractivity contribution < 1.29 is 9.53 Å². The Morgan fingerprint density at radius 3 is 2.47 bits per heavy atom. The highest BCUT2D eigenvalue weighted by Gasteiger charge is 2.26. The summed E-state index contributed by atoms with van der Waals surface area (Å²) in [5, 5.41) is 9.23. The summed E-state index contributed by atoms with van der Waals surface area (Å²) in [5.41, 5.74) is 13.8. The molecule has 2 heterocycles. The molecule has 1 atom stereocenters. The van der Waals surface area contributed by atoms with Crippen molar-refractivity contribution >= 4 is 11.7 Å². The van der Waals surface area contributed by atoms with Gasteiger partial charge < -0.3 is 25.7 Å². The lowest BCUT2D eigenvalue weighted by Crippen LogP contribution is -2.33. The third kappa shape index (κ3) is 3.80. The van der Waals surface area contributed by atoms with Gasteiger partial charge in [-0.15, -0.1) is 0 Å². The third-order valence-corrected chi connectivity index (χ3v) is 5.39. The van der Waals surface area contributed by atoms with E-state index in [0.717, 1.165) is 30.7 Å². The molecule has 7 nitrogen and oxygen atoms in total. The molecule has 1 saturated heterocycles. The molecule has 0 spiro atoms. The van der Waals surface area contributed by atoms with Crippen molar-refractivity contribution in [1.82, 2.24) is 9.47 Å². The standard InChI is InChI=1S/C23H23N5O2/c24-15-27-12-4-5-17(13-27)28-14-20(21(22(28)25)23(26)29)16-8-10-19(11-9-16)30-18-6-2-1-3-7-18/h1-3,6-11,14,17H,4-5,12-13,25H2,(H2,26,29)/t17-/m1/s1. The van der Waals surface area contributed by atoms with Crippen LogP contribution in [0.25, 0.3) is 11.1 Å². The van der Waals surface area contributed by atoms with E-state index >= 15 is 0 Å². The first-order chi connectivity index (χ1) is 14.6. The van der Waals surface area contributed by atoms with E-state index < -0.39 is 5.91 Å². The molecule has 4 rings (SSSR count). The first-order valence-electron chi connectivity index (χ1n) is 9.85. The van der Waals surface area contributed by atoms with Crippen molar-refractivity contribution in [2.24, 2.45) is 5.73 Å². The number of nitrogen functional groups attached to an aromatic ring is 1. The SMILES string of the molecule is N#CN1CCC[C@@H](n2cc(-c3ccc(Oc4ccccc4)cc3)c(C(N)=O)c2N)C1. The van der Waals surface area contributed by atoms with Crippen LogP contribution in [0.4, 0.5) is 5.82 Å². The predicted octanol–water partition coefficient (Wildman–Crippen LogP) is 3.75. The Morgan fingerprint density at radius 2 is 1.80 bits per heavy atom. The lowest BCUT2D eigenvalue weighted by molar-refractivity contribution is 0.100. The Hall–Kier alpha value is -3.92. The number of hydrogen-bond acceptors (Lipinski definition) is 5. The minimum atomic E-state index is -0.571. The maximum atomic E-state index is 12.2. The fraction of sp³-hybridized carbons (Fsp3) is 0.217. The summed E-state index contributed by atoms with van der Waals surface area (Å²) in [4.78, 5) is 13.9. The largest absolute Gasteiger partial charge is 0.457 e. The van der Waals surface area contributed by atoms with E-state index in [1.807, 2.05) is 65.4 Å². The third-order valence-electron chi connectivity index (χ3n) is 5.39. The van der Waals surface area contributed by atoms with E-state index in [-0.39, 0.29) is 6.04 Å². The summed E-state index contributed by atoms with van der Waals surface area (Å²) in [5.74, 6) is 1.21. The monoisotopic (exact) mass is 401 g/mol. The van der Waals surface area contributed by atoms with Crippen molar-refractivity contribution in [3.05, 3.63) is 66.4 Å². The van der Waals surface area contributed by atoms with Gasteiger partial charge in [0, 0.05) is 24.8 Å². The molecule has 1 aromatic heterocycles. The molecule has 0 bridgehead atoms. The number of para-hydroxylation sites is 1. The zero-order chi connectivity index (χ0) is 21.1. The van der Waals surface area contributed by atoms with E-state index in [4.69, 9.17) is 16.2 Å². The molecule has 1 fully saturated rings. The van der Waals surface area contributed by atoms with Crippen LogP contribution in [-0.4, -0.2) is 28.5 Å². The number of nitrogens with zero attached hydrogens (tertiary/aromatic N) is 3. The van der Waals surface area contributed by atoms with Gasteiger partial charge in [0.25, 0.3) is 5.91 Å². The van der Waals surface area contributed by atoms with Crippen molar-refractivity contribution in [2.75, 3.05) is 18.8 Å². The number of carbonyl (C=O) groups is 1. The summed E-state index contributed by atoms with van der Waals surface area (Å²) in [6.45, 7) is 1.31. The predicted molar refractivity (Wildman–Crippen MR) is 115 cm³/mol. The van der Waals surface area contributed by atoms with Crippen LogP contribution in [0.5, 0.6) is 11.5 Å². The Labute approximate surface area is 175 Å². The molecule has 1 amide bonds. The summed E-state index contributed by atoms with van der Waals surface area (Å²) < 4.78 is 7.72. The summed E-state index contributed by atoms with van der Waals surface area (Å²) in [7, 11) is 0. The summed E-state index contributed by atoms with van der Waals surface area (Å²) in [6, 6.07) is 17.0. The Bertz CT molecular complexity index is 1080. The van der Waals surface area contributed by atoms with Gasteiger partial charge in [0.15, 0.2) is 6.19 Å². The van der Waals surface area contributed by atoms with Crippen molar-refractivity contribution in [1.29, 1.82) is 5.26 Å². The Morgan fingerprint density at radius 1 is 1.10 bits per heavy atom. The molecule has 1 aliphatic heterocycles. The van der Waals surface area contributed by atoms with Crippen LogP contribution in [0.15, 0.2) is 60.8 Å². The van der Waals surface area contributed by atoms with Gasteiger partial charge in [-0.1, -0.05) is 30.3 Å². The first-order valence-corrected chi connectivity index (χ1v) is 9.85. The van der Waals surface area contributed by atoms with Gasteiger partial charge in [-0.25, -0.2) is 0 Å². The number of likely N-dealkylation sites (tertiary alicyclic amines) is 1.